The number of aromatic amines is 2. The maximum atomic E-state index is 10.9. The van der Waals surface area contributed by atoms with Crippen molar-refractivity contribution in [2.75, 3.05) is 0 Å². The highest BCUT2D eigenvalue weighted by atomic mass is 16.1. The van der Waals surface area contributed by atoms with E-state index in [4.69, 9.17) is 0 Å². The highest BCUT2D eigenvalue weighted by molar-refractivity contribution is 5.59. The Kier molecular flexibility index (Phi) is 0.887. The summed E-state index contributed by atoms with van der Waals surface area (Å²) in [6, 6.07) is 3.18. The van der Waals surface area contributed by atoms with Crippen LogP contribution in [-0.2, 0) is 0 Å². The minimum absolute atomic E-state index is 0.00718. The van der Waals surface area contributed by atoms with E-state index in [0.29, 0.717) is 11.3 Å². The molecule has 2 aliphatic rings. The molecule has 0 spiro atoms. The Balaban J connectivity index is 2.91. The van der Waals surface area contributed by atoms with E-state index in [-0.39, 0.29) is 5.43 Å². The molecule has 50 valence electrons. The molecule has 0 aromatic carbocycles. The van der Waals surface area contributed by atoms with Gasteiger partial charge in [0.15, 0.2) is 5.43 Å². The third-order valence-electron chi connectivity index (χ3n) is 1.39. The van der Waals surface area contributed by atoms with Gasteiger partial charge in [-0.3, -0.25) is 9.89 Å². The normalized spacial score (nSPS) is 10.4. The van der Waals surface area contributed by atoms with E-state index < -0.39 is 0 Å². The van der Waals surface area contributed by atoms with Gasteiger partial charge in [-0.05, 0) is 12.1 Å². The van der Waals surface area contributed by atoms with E-state index in [1.807, 2.05) is 0 Å². The molecule has 0 saturated heterocycles. The number of fused-ring (bicyclic) bond motifs is 1. The van der Waals surface area contributed by atoms with Gasteiger partial charge in [0.25, 0.3) is 0 Å². The summed E-state index contributed by atoms with van der Waals surface area (Å²) in [6.07, 6.45) is 1.60. The van der Waals surface area contributed by atoms with Gasteiger partial charge in [-0.1, -0.05) is 0 Å². The largest absolute Gasteiger partial charge is 0.292 e. The molecule has 0 bridgehead atoms. The number of H-pyrrole nitrogens is 2. The Morgan fingerprint density at radius 2 is 2.30 bits per heavy atom. The van der Waals surface area contributed by atoms with Gasteiger partial charge in [0.1, 0.15) is 0 Å². The van der Waals surface area contributed by atoms with Crippen molar-refractivity contribution < 1.29 is 0 Å². The van der Waals surface area contributed by atoms with Crippen LogP contribution in [0, 0.1) is 0 Å². The first-order valence-electron chi connectivity index (χ1n) is 2.89. The maximum absolute atomic E-state index is 10.9. The minimum atomic E-state index is 0.00718. The van der Waals surface area contributed by atoms with E-state index in [1.54, 1.807) is 12.3 Å². The molecule has 1 aliphatic carbocycles. The molecule has 0 amide bonds. The summed E-state index contributed by atoms with van der Waals surface area (Å²) < 4.78 is 0. The Hall–Kier alpha value is -1.58. The second kappa shape index (κ2) is 1.70. The van der Waals surface area contributed by atoms with Gasteiger partial charge in [0.2, 0.25) is 0 Å². The predicted octanol–water partition coefficient (Wildman–Crippen LogP) is 0.203. The number of rotatable bonds is 0. The van der Waals surface area contributed by atoms with E-state index in [1.165, 1.54) is 6.07 Å². The number of nitrogens with one attached hydrogen (secondary N) is 2. The van der Waals surface area contributed by atoms with Crippen LogP contribution < -0.4 is 5.43 Å². The summed E-state index contributed by atoms with van der Waals surface area (Å²) in [6.45, 7) is 0. The quantitative estimate of drug-likeness (QED) is 0.542. The van der Waals surface area contributed by atoms with Crippen LogP contribution >= 0.6 is 0 Å². The van der Waals surface area contributed by atoms with Crippen molar-refractivity contribution in [3.8, 4) is 11.3 Å². The van der Waals surface area contributed by atoms with Gasteiger partial charge >= 0.3 is 0 Å². The third-order valence-corrected chi connectivity index (χ3v) is 1.39. The Bertz CT molecular complexity index is 362. The monoisotopic (exact) mass is 135 g/mol. The summed E-state index contributed by atoms with van der Waals surface area (Å²) in [4.78, 5) is 10.9. The van der Waals surface area contributed by atoms with Crippen molar-refractivity contribution in [1.82, 2.24) is 15.4 Å². The molecule has 10 heavy (non-hydrogen) atoms. The molecule has 1 aliphatic heterocycles. The van der Waals surface area contributed by atoms with Crippen molar-refractivity contribution in [2.24, 2.45) is 0 Å². The van der Waals surface area contributed by atoms with Crippen molar-refractivity contribution >= 4 is 0 Å². The predicted molar refractivity (Wildman–Crippen MR) is 35.8 cm³/mol. The lowest BCUT2D eigenvalue weighted by Crippen LogP contribution is -1.98. The maximum Gasteiger partial charge on any atom is 0.189 e. The van der Waals surface area contributed by atoms with E-state index in [2.05, 4.69) is 15.4 Å². The summed E-state index contributed by atoms with van der Waals surface area (Å²) in [5.74, 6) is 0. The summed E-state index contributed by atoms with van der Waals surface area (Å²) in [7, 11) is 0. The first kappa shape index (κ1) is 5.22. The number of nitrogens with zero attached hydrogens (tertiary/aromatic N) is 1. The zero-order valence-corrected chi connectivity index (χ0v) is 5.09. The van der Waals surface area contributed by atoms with E-state index in [9.17, 15) is 4.79 Å². The lowest BCUT2D eigenvalue weighted by molar-refractivity contribution is 0.870. The number of aromatic nitrogens is 3. The molecule has 1 heterocycles. The fraction of sp³-hybridized carbons (Fsp3) is 0. The smallest absolute Gasteiger partial charge is 0.189 e. The topological polar surface area (TPSA) is 61.5 Å². The van der Waals surface area contributed by atoms with Crippen LogP contribution in [0.3, 0.4) is 0 Å². The van der Waals surface area contributed by atoms with Gasteiger partial charge in [-0.15, -0.1) is 0 Å². The molecule has 0 radical (unpaired) electrons. The molecular formula is C6H5N3O. The lowest BCUT2D eigenvalue weighted by atomic mass is 10.3. The Morgan fingerprint density at radius 3 is 3.10 bits per heavy atom. The molecule has 0 saturated carbocycles. The highest BCUT2D eigenvalue weighted by Crippen LogP contribution is 2.09. The first-order valence-corrected chi connectivity index (χ1v) is 2.89. The van der Waals surface area contributed by atoms with E-state index in [0.717, 1.165) is 0 Å². The zero-order chi connectivity index (χ0) is 6.97. The highest BCUT2D eigenvalue weighted by Gasteiger charge is 2.05. The molecule has 0 atom stereocenters. The fourth-order valence-electron chi connectivity index (χ4n) is 0.900. The molecule has 0 aromatic heterocycles. The van der Waals surface area contributed by atoms with Gasteiger partial charge in [-0.2, -0.15) is 5.10 Å². The molecule has 4 nitrogen and oxygen atoms in total. The molecule has 0 unspecified atom stereocenters. The van der Waals surface area contributed by atoms with Crippen LogP contribution in [0.4, 0.5) is 0 Å². The van der Waals surface area contributed by atoms with Crippen molar-refractivity contribution in [1.29, 1.82) is 0 Å². The number of hydrogen-bond acceptors (Lipinski definition) is 2. The SMILES string of the molecule is O=c1ccc2n[nH][nH]cc1-2. The van der Waals surface area contributed by atoms with Crippen LogP contribution in [0.1, 0.15) is 0 Å². The first-order chi connectivity index (χ1) is 4.88. The minimum Gasteiger partial charge on any atom is -0.292 e. The van der Waals surface area contributed by atoms with Gasteiger partial charge in [0.05, 0.1) is 11.3 Å². The molecular weight excluding hydrogens is 130 g/mol. The Morgan fingerprint density at radius 1 is 1.40 bits per heavy atom. The van der Waals surface area contributed by atoms with Crippen molar-refractivity contribution in [3.63, 3.8) is 0 Å². The second-order valence-corrected chi connectivity index (χ2v) is 2.01. The second-order valence-electron chi connectivity index (χ2n) is 2.01. The average molecular weight is 135 g/mol. The van der Waals surface area contributed by atoms with Gasteiger partial charge < -0.3 is 0 Å². The molecule has 2 rings (SSSR count). The molecule has 4 heteroatoms. The van der Waals surface area contributed by atoms with Crippen LogP contribution in [0.25, 0.3) is 11.3 Å². The third kappa shape index (κ3) is 0.556. The summed E-state index contributed by atoms with van der Waals surface area (Å²) in [5.41, 5.74) is 1.33. The van der Waals surface area contributed by atoms with E-state index >= 15 is 0 Å². The average Bonchev–Trinajstić information content (AvgIpc) is 2.34. The van der Waals surface area contributed by atoms with Crippen LogP contribution in [0.2, 0.25) is 0 Å². The van der Waals surface area contributed by atoms with Crippen LogP contribution in [-0.4, -0.2) is 15.4 Å². The molecule has 0 aromatic rings. The van der Waals surface area contributed by atoms with Crippen molar-refractivity contribution in [3.05, 3.63) is 28.6 Å². The molecule has 2 N–H and O–H groups in total. The van der Waals surface area contributed by atoms with Gasteiger partial charge in [0, 0.05) is 6.20 Å². The fourth-order valence-corrected chi connectivity index (χ4v) is 0.900. The van der Waals surface area contributed by atoms with Crippen molar-refractivity contribution in [2.45, 2.75) is 0 Å². The van der Waals surface area contributed by atoms with Crippen LogP contribution in [0.5, 0.6) is 0 Å². The summed E-state index contributed by atoms with van der Waals surface area (Å²) in [5, 5.41) is 8.98. The lowest BCUT2D eigenvalue weighted by Gasteiger charge is -1.91. The summed E-state index contributed by atoms with van der Waals surface area (Å²) >= 11 is 0. The molecule has 0 fully saturated rings. The standard InChI is InChI=1S/C6H5N3O/c10-6-2-1-5-4(6)3-7-9-8-5/h1-3,7,9H. The number of hydrogen-bond donors (Lipinski definition) is 2. The Labute approximate surface area is 56.2 Å². The van der Waals surface area contributed by atoms with Crippen LogP contribution in [0.15, 0.2) is 23.1 Å². The zero-order valence-electron chi connectivity index (χ0n) is 5.09. The van der Waals surface area contributed by atoms with Gasteiger partial charge in [-0.25, -0.2) is 5.21 Å².